The molecule has 0 radical (unpaired) electrons. The van der Waals surface area contributed by atoms with Crippen LogP contribution in [0.3, 0.4) is 0 Å². The number of methoxy groups -OCH3 is 1. The Morgan fingerprint density at radius 1 is 0.818 bits per heavy atom. The fraction of sp³-hybridized carbons (Fsp3) is 0.138. The Bertz CT molecular complexity index is 1150. The van der Waals surface area contributed by atoms with Crippen molar-refractivity contribution in [1.29, 1.82) is 0 Å². The lowest BCUT2D eigenvalue weighted by atomic mass is 9.78. The zero-order chi connectivity index (χ0) is 23.1. The van der Waals surface area contributed by atoms with Gasteiger partial charge in [-0.15, -0.1) is 0 Å². The van der Waals surface area contributed by atoms with Crippen molar-refractivity contribution in [2.24, 2.45) is 4.99 Å². The molecule has 33 heavy (non-hydrogen) atoms. The van der Waals surface area contributed by atoms with Crippen LogP contribution >= 0.6 is 0 Å². The first-order valence-corrected chi connectivity index (χ1v) is 10.9. The van der Waals surface area contributed by atoms with E-state index in [4.69, 9.17) is 9.73 Å². The molecule has 0 aromatic heterocycles. The summed E-state index contributed by atoms with van der Waals surface area (Å²) in [7, 11) is 1.58. The molecule has 0 saturated carbocycles. The van der Waals surface area contributed by atoms with Gasteiger partial charge in [0.2, 0.25) is 0 Å². The van der Waals surface area contributed by atoms with E-state index in [1.165, 1.54) is 0 Å². The summed E-state index contributed by atoms with van der Waals surface area (Å²) in [5.74, 6) is 0.719. The summed E-state index contributed by atoms with van der Waals surface area (Å²) in [6.45, 7) is 0. The average Bonchev–Trinajstić information content (AvgIpc) is 2.88. The highest BCUT2D eigenvalue weighted by molar-refractivity contribution is 5.84. The van der Waals surface area contributed by atoms with Crippen molar-refractivity contribution < 1.29 is 14.9 Å². The third-order valence-electron chi connectivity index (χ3n) is 5.81. The van der Waals surface area contributed by atoms with E-state index in [0.717, 1.165) is 16.7 Å². The molecule has 4 nitrogen and oxygen atoms in total. The van der Waals surface area contributed by atoms with Crippen LogP contribution in [0, 0.1) is 0 Å². The van der Waals surface area contributed by atoms with Gasteiger partial charge in [-0.2, -0.15) is 0 Å². The number of rotatable bonds is 8. The van der Waals surface area contributed by atoms with E-state index < -0.39 is 11.6 Å². The lowest BCUT2D eigenvalue weighted by Crippen LogP contribution is -2.41. The molecular formula is C29H27NO3. The quantitative estimate of drug-likeness (QED) is 0.365. The Morgan fingerprint density at radius 3 is 1.91 bits per heavy atom. The van der Waals surface area contributed by atoms with E-state index in [1.54, 1.807) is 31.5 Å². The molecular weight excluding hydrogens is 410 g/mol. The van der Waals surface area contributed by atoms with E-state index >= 15 is 0 Å². The molecule has 0 amide bonds. The third-order valence-corrected chi connectivity index (χ3v) is 5.81. The minimum absolute atomic E-state index is 0.0981. The molecule has 0 heterocycles. The van der Waals surface area contributed by atoms with Crippen molar-refractivity contribution in [1.82, 2.24) is 0 Å². The maximum absolute atomic E-state index is 12.3. The molecule has 166 valence electrons. The molecule has 0 saturated heterocycles. The second-order valence-electron chi connectivity index (χ2n) is 7.91. The first-order valence-electron chi connectivity index (χ1n) is 10.9. The summed E-state index contributed by atoms with van der Waals surface area (Å²) in [4.78, 5) is 4.86. The summed E-state index contributed by atoms with van der Waals surface area (Å²) in [5, 5.41) is 22.7. The van der Waals surface area contributed by atoms with Gasteiger partial charge in [0.05, 0.1) is 13.2 Å². The Balaban J connectivity index is 1.85. The summed E-state index contributed by atoms with van der Waals surface area (Å²) in [6.07, 6.45) is 2.12. The zero-order valence-corrected chi connectivity index (χ0v) is 18.5. The second-order valence-corrected chi connectivity index (χ2v) is 7.91. The summed E-state index contributed by atoms with van der Waals surface area (Å²) >= 11 is 0. The van der Waals surface area contributed by atoms with Crippen molar-refractivity contribution in [2.45, 2.75) is 18.1 Å². The van der Waals surface area contributed by atoms with Gasteiger partial charge in [-0.25, -0.2) is 0 Å². The molecule has 0 unspecified atom stereocenters. The van der Waals surface area contributed by atoms with Crippen LogP contribution in [-0.4, -0.2) is 29.6 Å². The van der Waals surface area contributed by atoms with Crippen LogP contribution in [-0.2, 0) is 12.0 Å². The molecule has 0 bridgehead atoms. The van der Waals surface area contributed by atoms with E-state index in [2.05, 4.69) is 0 Å². The monoisotopic (exact) mass is 437 g/mol. The highest BCUT2D eigenvalue weighted by atomic mass is 16.5. The predicted octanol–water partition coefficient (Wildman–Crippen LogP) is 5.37. The molecule has 4 rings (SSSR count). The van der Waals surface area contributed by atoms with E-state index in [1.807, 2.05) is 91.0 Å². The van der Waals surface area contributed by atoms with Gasteiger partial charge in [-0.3, -0.25) is 4.99 Å². The molecule has 4 aromatic rings. The van der Waals surface area contributed by atoms with Crippen molar-refractivity contribution in [3.05, 3.63) is 131 Å². The maximum atomic E-state index is 12.3. The molecule has 0 spiro atoms. The van der Waals surface area contributed by atoms with Crippen molar-refractivity contribution in [2.75, 3.05) is 7.11 Å². The molecule has 0 aliphatic rings. The minimum Gasteiger partial charge on any atom is -0.507 e. The van der Waals surface area contributed by atoms with Gasteiger partial charge in [-0.1, -0.05) is 91.0 Å². The third kappa shape index (κ3) is 4.97. The number of phenols is 1. The Kier molecular flexibility index (Phi) is 6.86. The highest BCUT2D eigenvalue weighted by Gasteiger charge is 2.40. The van der Waals surface area contributed by atoms with Gasteiger partial charge in [-0.05, 0) is 41.3 Å². The minimum atomic E-state index is -1.39. The highest BCUT2D eigenvalue weighted by Crippen LogP contribution is 2.36. The van der Waals surface area contributed by atoms with Crippen molar-refractivity contribution in [3.8, 4) is 11.5 Å². The molecule has 0 aliphatic heterocycles. The zero-order valence-electron chi connectivity index (χ0n) is 18.5. The summed E-state index contributed by atoms with van der Waals surface area (Å²) in [5.41, 5.74) is 1.70. The van der Waals surface area contributed by atoms with Crippen molar-refractivity contribution >= 4 is 6.21 Å². The molecule has 4 heteroatoms. The Hall–Kier alpha value is -3.89. The smallest absolute Gasteiger partial charge is 0.137 e. The molecule has 4 aromatic carbocycles. The van der Waals surface area contributed by atoms with E-state index in [9.17, 15) is 10.2 Å². The average molecular weight is 438 g/mol. The topological polar surface area (TPSA) is 62.0 Å². The number of phenolic OH excluding ortho intramolecular Hbond substituents is 1. The number of hydrogen-bond acceptors (Lipinski definition) is 4. The second kappa shape index (κ2) is 10.2. The maximum Gasteiger partial charge on any atom is 0.137 e. The summed E-state index contributed by atoms with van der Waals surface area (Å²) in [6, 6.07) is 33.6. The normalized spacial score (nSPS) is 12.5. The van der Waals surface area contributed by atoms with Gasteiger partial charge in [0, 0.05) is 11.8 Å². The number of benzene rings is 4. The molecule has 1 atom stereocenters. The van der Waals surface area contributed by atoms with Gasteiger partial charge in [0.25, 0.3) is 0 Å². The fourth-order valence-electron chi connectivity index (χ4n) is 4.01. The van der Waals surface area contributed by atoms with Crippen LogP contribution in [0.4, 0.5) is 0 Å². The fourth-order valence-corrected chi connectivity index (χ4v) is 4.01. The number of aliphatic hydroxyl groups is 1. The number of aliphatic imine (C=N–C) groups is 1. The molecule has 0 fully saturated rings. The van der Waals surface area contributed by atoms with Crippen LogP contribution in [0.5, 0.6) is 11.5 Å². The van der Waals surface area contributed by atoms with Crippen LogP contribution in [0.25, 0.3) is 0 Å². The van der Waals surface area contributed by atoms with E-state index in [-0.39, 0.29) is 5.75 Å². The lowest BCUT2D eigenvalue weighted by Gasteiger charge is -2.35. The van der Waals surface area contributed by atoms with Crippen molar-refractivity contribution in [3.63, 3.8) is 0 Å². The summed E-state index contributed by atoms with van der Waals surface area (Å²) < 4.78 is 5.30. The number of hydrogen-bond donors (Lipinski definition) is 2. The molecule has 2 N–H and O–H groups in total. The number of ether oxygens (including phenoxy) is 1. The van der Waals surface area contributed by atoms with Gasteiger partial charge < -0.3 is 14.9 Å². The SMILES string of the molecule is COc1ccc(O)c(C=N[C@@H](Cc2ccccc2)C(O)(c2ccccc2)c2ccccc2)c1. The first-order chi connectivity index (χ1) is 16.1. The first kappa shape index (κ1) is 22.3. The van der Waals surface area contributed by atoms with Crippen LogP contribution in [0.2, 0.25) is 0 Å². The van der Waals surface area contributed by atoms with Crippen LogP contribution in [0.1, 0.15) is 22.3 Å². The standard InChI is InChI=1S/C29H27NO3/c1-33-26-17-18-27(31)23(20-26)21-30-28(19-22-11-5-2-6-12-22)29(32,24-13-7-3-8-14-24)25-15-9-4-10-16-25/h2-18,20-21,28,31-32H,19H2,1H3/t28-/m0/s1. The largest absolute Gasteiger partial charge is 0.507 e. The van der Waals surface area contributed by atoms with Crippen LogP contribution < -0.4 is 4.74 Å². The Morgan fingerprint density at radius 2 is 1.36 bits per heavy atom. The number of nitrogens with zero attached hydrogens (tertiary/aromatic N) is 1. The predicted molar refractivity (Wildman–Crippen MR) is 132 cm³/mol. The van der Waals surface area contributed by atoms with Gasteiger partial charge in [0.15, 0.2) is 0 Å². The Labute approximate surface area is 194 Å². The molecule has 0 aliphatic carbocycles. The van der Waals surface area contributed by atoms with E-state index in [0.29, 0.717) is 17.7 Å². The van der Waals surface area contributed by atoms with Crippen LogP contribution in [0.15, 0.2) is 114 Å². The number of aromatic hydroxyl groups is 1. The van der Waals surface area contributed by atoms with Gasteiger partial charge >= 0.3 is 0 Å². The lowest BCUT2D eigenvalue weighted by molar-refractivity contribution is 0.0528. The van der Waals surface area contributed by atoms with Gasteiger partial charge in [0.1, 0.15) is 17.1 Å².